The second kappa shape index (κ2) is 5.69. The van der Waals surface area contributed by atoms with Crippen molar-refractivity contribution in [2.24, 2.45) is 0 Å². The fourth-order valence-corrected chi connectivity index (χ4v) is 3.76. The largest absolute Gasteiger partial charge is 0.500 e. The minimum Gasteiger partial charge on any atom is -0.279 e. The summed E-state index contributed by atoms with van der Waals surface area (Å²) in [5, 5.41) is -1.69. The van der Waals surface area contributed by atoms with Crippen LogP contribution in [0.3, 0.4) is 0 Å². The lowest BCUT2D eigenvalue weighted by Crippen LogP contribution is -2.57. The Labute approximate surface area is 131 Å². The van der Waals surface area contributed by atoms with Gasteiger partial charge in [0.25, 0.3) is 10.0 Å². The molecule has 0 fully saturated rings. The second-order valence-electron chi connectivity index (χ2n) is 5.03. The van der Waals surface area contributed by atoms with Crippen molar-refractivity contribution in [3.63, 3.8) is 0 Å². The first-order valence-electron chi connectivity index (χ1n) is 6.41. The van der Waals surface area contributed by atoms with Crippen LogP contribution in [-0.4, -0.2) is 54.9 Å². The average molecular weight is 346 g/mol. The number of halogens is 2. The quantitative estimate of drug-likeness (QED) is 0.819. The molecule has 1 N–H and O–H groups in total. The van der Waals surface area contributed by atoms with E-state index in [1.54, 1.807) is 0 Å². The van der Waals surface area contributed by atoms with E-state index in [4.69, 9.17) is 0 Å². The Morgan fingerprint density at radius 2 is 1.87 bits per heavy atom. The number of anilines is 1. The minimum absolute atomic E-state index is 0.0203. The van der Waals surface area contributed by atoms with E-state index in [0.29, 0.717) is 11.0 Å². The van der Waals surface area contributed by atoms with E-state index < -0.39 is 44.5 Å². The number of imide groups is 1. The number of nitrogens with one attached hydrogen (secondary N) is 1. The first-order chi connectivity index (χ1) is 10.6. The lowest BCUT2D eigenvalue weighted by molar-refractivity contribution is -0.405. The highest BCUT2D eigenvalue weighted by molar-refractivity contribution is 7.94. The molecular weight excluding hydrogens is 332 g/mol. The lowest BCUT2D eigenvalue weighted by atomic mass is 10.2. The second-order valence-corrected chi connectivity index (χ2v) is 6.80. The Hall–Kier alpha value is -2.36. The number of amides is 3. The summed E-state index contributed by atoms with van der Waals surface area (Å²) in [6, 6.07) is 1.62. The molecule has 1 unspecified atom stereocenters. The van der Waals surface area contributed by atoms with Crippen molar-refractivity contribution in [2.45, 2.75) is 12.2 Å². The van der Waals surface area contributed by atoms with Crippen LogP contribution >= 0.6 is 0 Å². The normalized spacial score (nSPS) is 19.3. The van der Waals surface area contributed by atoms with Crippen LogP contribution in [0.5, 0.6) is 0 Å². The van der Waals surface area contributed by atoms with Crippen molar-refractivity contribution in [1.82, 2.24) is 4.90 Å². The Bertz CT molecular complexity index is 836. The van der Waals surface area contributed by atoms with E-state index in [1.807, 2.05) is 4.72 Å². The van der Waals surface area contributed by atoms with Crippen LogP contribution in [0.25, 0.3) is 0 Å². The standard InChI is InChI=1S/C13H14F2N3O4S/c1-7-11(12(19)18(3)13(20)17(7)2)23(21,22)16-10-5-4-8(14)6-9(10)15/h4-6,11,16H,1-3H3/q+1. The fourth-order valence-electron chi connectivity index (χ4n) is 2.14. The fraction of sp³-hybridized carbons (Fsp3) is 0.308. The number of carbonyl (C=O) groups excluding carboxylic acids is 2. The maximum atomic E-state index is 13.6. The molecule has 7 nitrogen and oxygen atoms in total. The topological polar surface area (TPSA) is 86.6 Å². The summed E-state index contributed by atoms with van der Waals surface area (Å²) in [6.45, 7) is 1.31. The van der Waals surface area contributed by atoms with Gasteiger partial charge in [-0.2, -0.15) is 14.3 Å². The number of urea groups is 1. The first-order valence-corrected chi connectivity index (χ1v) is 7.96. The van der Waals surface area contributed by atoms with Crippen molar-refractivity contribution in [3.05, 3.63) is 29.8 Å². The molecular formula is C13H14F2N3O4S+. The number of hydrogen-bond acceptors (Lipinski definition) is 4. The Balaban J connectivity index is 2.46. The summed E-state index contributed by atoms with van der Waals surface area (Å²) >= 11 is 0. The monoisotopic (exact) mass is 346 g/mol. The lowest BCUT2D eigenvalue weighted by Gasteiger charge is -2.23. The summed E-state index contributed by atoms with van der Waals surface area (Å²) in [5.74, 6) is -2.94. The van der Waals surface area contributed by atoms with Gasteiger partial charge in [0, 0.05) is 6.07 Å². The van der Waals surface area contributed by atoms with Gasteiger partial charge >= 0.3 is 11.9 Å². The number of rotatable bonds is 3. The van der Waals surface area contributed by atoms with Gasteiger partial charge in [0.1, 0.15) is 17.3 Å². The first kappa shape index (κ1) is 17.0. The Kier molecular flexibility index (Phi) is 4.20. The molecule has 1 atom stereocenters. The maximum absolute atomic E-state index is 13.6. The van der Waals surface area contributed by atoms with Gasteiger partial charge in [0.05, 0.1) is 19.8 Å². The highest BCUT2D eigenvalue weighted by atomic mass is 32.2. The van der Waals surface area contributed by atoms with Crippen molar-refractivity contribution in [3.8, 4) is 0 Å². The summed E-state index contributed by atoms with van der Waals surface area (Å²) in [7, 11) is -1.93. The van der Waals surface area contributed by atoms with Gasteiger partial charge in [-0.05, 0) is 19.1 Å². The molecule has 1 heterocycles. The molecule has 1 aliphatic heterocycles. The molecule has 3 amide bonds. The third kappa shape index (κ3) is 2.93. The molecule has 1 aliphatic rings. The smallest absolute Gasteiger partial charge is 0.279 e. The van der Waals surface area contributed by atoms with E-state index in [1.165, 1.54) is 14.0 Å². The van der Waals surface area contributed by atoms with Crippen molar-refractivity contribution >= 4 is 33.4 Å². The molecule has 0 aliphatic carbocycles. The highest BCUT2D eigenvalue weighted by Crippen LogP contribution is 2.20. The van der Waals surface area contributed by atoms with Gasteiger partial charge in [-0.1, -0.05) is 0 Å². The molecule has 10 heteroatoms. The van der Waals surface area contributed by atoms with Crippen LogP contribution in [0.4, 0.5) is 19.3 Å². The molecule has 124 valence electrons. The molecule has 0 spiro atoms. The number of nitrogens with zero attached hydrogens (tertiary/aromatic N) is 2. The minimum atomic E-state index is -4.39. The molecule has 0 aromatic heterocycles. The van der Waals surface area contributed by atoms with Crippen molar-refractivity contribution < 1.29 is 31.4 Å². The van der Waals surface area contributed by atoms with E-state index in [-0.39, 0.29) is 5.71 Å². The van der Waals surface area contributed by atoms with Crippen LogP contribution in [0.1, 0.15) is 6.92 Å². The van der Waals surface area contributed by atoms with Crippen LogP contribution in [0.2, 0.25) is 0 Å². The maximum Gasteiger partial charge on any atom is 0.500 e. The third-order valence-corrected chi connectivity index (χ3v) is 5.20. The van der Waals surface area contributed by atoms with Crippen LogP contribution < -0.4 is 4.72 Å². The van der Waals surface area contributed by atoms with E-state index in [2.05, 4.69) is 0 Å². The predicted octanol–water partition coefficient (Wildman–Crippen LogP) is 0.770. The zero-order valence-electron chi connectivity index (χ0n) is 12.5. The Morgan fingerprint density at radius 1 is 1.26 bits per heavy atom. The molecule has 2 rings (SSSR count). The number of carbonyl (C=O) groups is 2. The van der Waals surface area contributed by atoms with Gasteiger partial charge in [-0.15, -0.1) is 0 Å². The number of sulfonamides is 1. The highest BCUT2D eigenvalue weighted by Gasteiger charge is 2.50. The average Bonchev–Trinajstić information content (AvgIpc) is 2.46. The van der Waals surface area contributed by atoms with Gasteiger partial charge in [-0.3, -0.25) is 4.72 Å². The molecule has 1 aromatic rings. The molecule has 0 bridgehead atoms. The van der Waals surface area contributed by atoms with E-state index >= 15 is 0 Å². The summed E-state index contributed by atoms with van der Waals surface area (Å²) in [5.41, 5.74) is -0.512. The van der Waals surface area contributed by atoms with Crippen molar-refractivity contribution in [2.75, 3.05) is 18.8 Å². The SMILES string of the molecule is CC1=[N+](C)C(=O)N(C)C(=O)C1S(=O)(=O)Nc1ccc(F)cc1F. The summed E-state index contributed by atoms with van der Waals surface area (Å²) in [6.07, 6.45) is 0. The summed E-state index contributed by atoms with van der Waals surface area (Å²) < 4.78 is 54.3. The van der Waals surface area contributed by atoms with Crippen LogP contribution in [0, 0.1) is 11.6 Å². The summed E-state index contributed by atoms with van der Waals surface area (Å²) in [4.78, 5) is 24.6. The third-order valence-electron chi connectivity index (χ3n) is 3.53. The molecule has 0 saturated carbocycles. The van der Waals surface area contributed by atoms with Gasteiger partial charge in [0.2, 0.25) is 5.25 Å². The van der Waals surface area contributed by atoms with Gasteiger partial charge in [-0.25, -0.2) is 22.0 Å². The number of benzene rings is 1. The molecule has 0 radical (unpaired) electrons. The van der Waals surface area contributed by atoms with E-state index in [0.717, 1.165) is 23.8 Å². The molecule has 0 saturated heterocycles. The van der Waals surface area contributed by atoms with Crippen LogP contribution in [-0.2, 0) is 14.8 Å². The Morgan fingerprint density at radius 3 is 2.43 bits per heavy atom. The molecule has 1 aromatic carbocycles. The predicted molar refractivity (Wildman–Crippen MR) is 77.7 cm³/mol. The zero-order valence-corrected chi connectivity index (χ0v) is 13.3. The van der Waals surface area contributed by atoms with Gasteiger partial charge < -0.3 is 0 Å². The van der Waals surface area contributed by atoms with E-state index in [9.17, 15) is 26.8 Å². The zero-order chi connectivity index (χ0) is 17.5. The van der Waals surface area contributed by atoms with Crippen LogP contribution in [0.15, 0.2) is 18.2 Å². The number of hydrogen-bond donors (Lipinski definition) is 1. The van der Waals surface area contributed by atoms with Crippen molar-refractivity contribution in [1.29, 1.82) is 0 Å². The molecule has 23 heavy (non-hydrogen) atoms. The van der Waals surface area contributed by atoms with Gasteiger partial charge in [0.15, 0.2) is 0 Å².